The number of hydrogen-bond acceptors (Lipinski definition) is 3. The molecule has 1 aliphatic carbocycles. The van der Waals surface area contributed by atoms with Gasteiger partial charge in [0, 0.05) is 56.2 Å². The summed E-state index contributed by atoms with van der Waals surface area (Å²) in [5.41, 5.74) is 0.185. The second kappa shape index (κ2) is 6.25. The Morgan fingerprint density at radius 2 is 2.00 bits per heavy atom. The summed E-state index contributed by atoms with van der Waals surface area (Å²) in [6.45, 7) is 14.7. The Balaban J connectivity index is 1.59. The van der Waals surface area contributed by atoms with Gasteiger partial charge in [0.1, 0.15) is 0 Å². The summed E-state index contributed by atoms with van der Waals surface area (Å²) >= 11 is 0. The maximum absolute atomic E-state index is 5.90. The van der Waals surface area contributed by atoms with Gasteiger partial charge in [0.2, 0.25) is 0 Å². The van der Waals surface area contributed by atoms with Crippen molar-refractivity contribution in [1.29, 1.82) is 0 Å². The molecule has 0 bridgehead atoms. The summed E-state index contributed by atoms with van der Waals surface area (Å²) in [7, 11) is 1.88. The number of rotatable bonds is 3. The van der Waals surface area contributed by atoms with Crippen LogP contribution in [0, 0.1) is 17.3 Å². The molecular weight excluding hydrogens is 288 g/mol. The van der Waals surface area contributed by atoms with Crippen LogP contribution in [-0.4, -0.2) is 61.8 Å². The Hall–Kier alpha value is -0.810. The highest BCUT2D eigenvalue weighted by Gasteiger charge is 2.59. The quantitative estimate of drug-likeness (QED) is 0.613. The lowest BCUT2D eigenvalue weighted by Crippen LogP contribution is -2.68. The number of likely N-dealkylation sites (tertiary alicyclic amines) is 1. The first-order valence-electron chi connectivity index (χ1n) is 9.20. The molecule has 0 amide bonds. The summed E-state index contributed by atoms with van der Waals surface area (Å²) in [6.07, 6.45) is 1.59. The van der Waals surface area contributed by atoms with Crippen molar-refractivity contribution in [2.45, 2.75) is 65.3 Å². The predicted octanol–water partition coefficient (Wildman–Crippen LogP) is 1.69. The number of guanidine groups is 1. The van der Waals surface area contributed by atoms with Gasteiger partial charge in [0.15, 0.2) is 5.96 Å². The number of nitrogens with zero attached hydrogens (tertiary/aromatic N) is 2. The zero-order chi connectivity index (χ0) is 16.8. The molecule has 0 spiro atoms. The maximum Gasteiger partial charge on any atom is 0.191 e. The molecule has 132 valence electrons. The number of fused-ring (bicyclic) bond motifs is 1. The predicted molar refractivity (Wildman–Crippen MR) is 94.7 cm³/mol. The van der Waals surface area contributed by atoms with Crippen molar-refractivity contribution in [3.63, 3.8) is 0 Å². The minimum atomic E-state index is 0.185. The summed E-state index contributed by atoms with van der Waals surface area (Å²) in [5.74, 6) is 2.24. The summed E-state index contributed by atoms with van der Waals surface area (Å²) < 4.78 is 5.90. The molecule has 5 nitrogen and oxygen atoms in total. The van der Waals surface area contributed by atoms with Crippen molar-refractivity contribution in [3.8, 4) is 0 Å². The molecule has 5 atom stereocenters. The molecule has 2 saturated heterocycles. The van der Waals surface area contributed by atoms with E-state index in [9.17, 15) is 0 Å². The van der Waals surface area contributed by atoms with Crippen LogP contribution in [0.5, 0.6) is 0 Å². The molecular formula is C18H34N4O. The van der Waals surface area contributed by atoms with E-state index in [1.54, 1.807) is 0 Å². The lowest BCUT2D eigenvalue weighted by molar-refractivity contribution is -0.106. The second-order valence-corrected chi connectivity index (χ2v) is 8.54. The van der Waals surface area contributed by atoms with Crippen molar-refractivity contribution in [2.24, 2.45) is 22.2 Å². The Labute approximate surface area is 141 Å². The Kier molecular flexibility index (Phi) is 4.62. The van der Waals surface area contributed by atoms with Gasteiger partial charge in [0.05, 0.1) is 6.10 Å². The van der Waals surface area contributed by atoms with E-state index in [1.807, 2.05) is 7.05 Å². The minimum absolute atomic E-state index is 0.185. The van der Waals surface area contributed by atoms with Gasteiger partial charge in [-0.1, -0.05) is 20.8 Å². The van der Waals surface area contributed by atoms with Gasteiger partial charge in [-0.2, -0.15) is 0 Å². The Morgan fingerprint density at radius 3 is 2.61 bits per heavy atom. The zero-order valence-electron chi connectivity index (χ0n) is 15.6. The van der Waals surface area contributed by atoms with Crippen LogP contribution in [0.1, 0.15) is 41.0 Å². The fourth-order valence-electron chi connectivity index (χ4n) is 4.72. The smallest absolute Gasteiger partial charge is 0.191 e. The van der Waals surface area contributed by atoms with Gasteiger partial charge < -0.3 is 15.4 Å². The molecule has 2 N–H and O–H groups in total. The van der Waals surface area contributed by atoms with E-state index in [0.717, 1.165) is 19.1 Å². The fourth-order valence-corrected chi connectivity index (χ4v) is 4.72. The van der Waals surface area contributed by atoms with Crippen LogP contribution in [0.2, 0.25) is 0 Å². The van der Waals surface area contributed by atoms with Crippen molar-refractivity contribution < 1.29 is 4.74 Å². The molecule has 2 aliphatic heterocycles. The molecule has 3 fully saturated rings. The van der Waals surface area contributed by atoms with Crippen LogP contribution in [0.15, 0.2) is 4.99 Å². The molecule has 0 aromatic rings. The van der Waals surface area contributed by atoms with E-state index >= 15 is 0 Å². The van der Waals surface area contributed by atoms with Gasteiger partial charge in [-0.05, 0) is 26.2 Å². The lowest BCUT2D eigenvalue weighted by Gasteiger charge is -2.55. The molecule has 0 aromatic heterocycles. The van der Waals surface area contributed by atoms with Gasteiger partial charge in [-0.15, -0.1) is 0 Å². The van der Waals surface area contributed by atoms with E-state index in [4.69, 9.17) is 4.74 Å². The molecule has 5 heteroatoms. The normalized spacial score (nSPS) is 40.1. The Bertz CT molecular complexity index is 462. The third-order valence-electron chi connectivity index (χ3n) is 6.31. The van der Waals surface area contributed by atoms with Crippen molar-refractivity contribution in [1.82, 2.24) is 15.5 Å². The van der Waals surface area contributed by atoms with Crippen LogP contribution < -0.4 is 10.6 Å². The van der Waals surface area contributed by atoms with Crippen LogP contribution in [0.4, 0.5) is 0 Å². The third kappa shape index (κ3) is 2.98. The maximum atomic E-state index is 5.90. The highest BCUT2D eigenvalue weighted by Crippen LogP contribution is 2.52. The summed E-state index contributed by atoms with van der Waals surface area (Å²) in [6, 6.07) is 1.54. The topological polar surface area (TPSA) is 48.9 Å². The SMILES string of the molecule is CN=C(NC1CN(C(C)C)CC1C)NC1C2CCOC2C1(C)C. The highest BCUT2D eigenvalue weighted by atomic mass is 16.5. The molecule has 0 radical (unpaired) electrons. The van der Waals surface area contributed by atoms with Gasteiger partial charge in [-0.3, -0.25) is 9.89 Å². The first-order chi connectivity index (χ1) is 10.8. The minimum Gasteiger partial charge on any atom is -0.377 e. The molecule has 5 unspecified atom stereocenters. The Morgan fingerprint density at radius 1 is 1.26 bits per heavy atom. The largest absolute Gasteiger partial charge is 0.377 e. The fraction of sp³-hybridized carbons (Fsp3) is 0.944. The summed E-state index contributed by atoms with van der Waals surface area (Å²) in [4.78, 5) is 7.04. The van der Waals surface area contributed by atoms with Gasteiger partial charge in [-0.25, -0.2) is 0 Å². The number of nitrogens with one attached hydrogen (secondary N) is 2. The summed E-state index contributed by atoms with van der Waals surface area (Å²) in [5, 5.41) is 7.37. The third-order valence-corrected chi connectivity index (χ3v) is 6.31. The van der Waals surface area contributed by atoms with Crippen molar-refractivity contribution in [2.75, 3.05) is 26.7 Å². The molecule has 3 rings (SSSR count). The van der Waals surface area contributed by atoms with E-state index in [-0.39, 0.29) is 5.41 Å². The number of hydrogen-bond donors (Lipinski definition) is 2. The van der Waals surface area contributed by atoms with Gasteiger partial charge >= 0.3 is 0 Å². The van der Waals surface area contributed by atoms with Crippen molar-refractivity contribution in [3.05, 3.63) is 0 Å². The molecule has 23 heavy (non-hydrogen) atoms. The van der Waals surface area contributed by atoms with Crippen LogP contribution >= 0.6 is 0 Å². The van der Waals surface area contributed by atoms with E-state index in [2.05, 4.69) is 55.1 Å². The first kappa shape index (κ1) is 17.0. The standard InChI is InChI=1S/C18H34N4O/c1-11(2)22-9-12(3)14(10-22)20-17(19-6)21-15-13-7-8-23-16(13)18(15,4)5/h11-16H,7-10H2,1-6H3,(H2,19,20,21). The zero-order valence-corrected chi connectivity index (χ0v) is 15.6. The first-order valence-corrected chi connectivity index (χ1v) is 9.20. The van der Waals surface area contributed by atoms with Crippen LogP contribution in [0.3, 0.4) is 0 Å². The van der Waals surface area contributed by atoms with Crippen LogP contribution in [-0.2, 0) is 4.74 Å². The number of ether oxygens (including phenoxy) is 1. The molecule has 2 heterocycles. The molecule has 3 aliphatic rings. The van der Waals surface area contributed by atoms with Gasteiger partial charge in [0.25, 0.3) is 0 Å². The molecule has 1 saturated carbocycles. The van der Waals surface area contributed by atoms with E-state index in [1.165, 1.54) is 13.0 Å². The highest BCUT2D eigenvalue weighted by molar-refractivity contribution is 5.80. The lowest BCUT2D eigenvalue weighted by atomic mass is 9.57. The average molecular weight is 322 g/mol. The van der Waals surface area contributed by atoms with Crippen LogP contribution in [0.25, 0.3) is 0 Å². The van der Waals surface area contributed by atoms with E-state index < -0.39 is 0 Å². The monoisotopic (exact) mass is 322 g/mol. The number of aliphatic imine (C=N–C) groups is 1. The van der Waals surface area contributed by atoms with Crippen molar-refractivity contribution >= 4 is 5.96 Å². The second-order valence-electron chi connectivity index (χ2n) is 8.54. The average Bonchev–Trinajstić information content (AvgIpc) is 3.09. The van der Waals surface area contributed by atoms with E-state index in [0.29, 0.717) is 36.1 Å². The molecule has 0 aromatic carbocycles.